The van der Waals surface area contributed by atoms with Crippen molar-refractivity contribution in [1.82, 2.24) is 9.80 Å². The van der Waals surface area contributed by atoms with Gasteiger partial charge in [0.2, 0.25) is 5.91 Å². The summed E-state index contributed by atoms with van der Waals surface area (Å²) in [6.45, 7) is 7.34. The molecule has 6 nitrogen and oxygen atoms in total. The number of fused-ring (bicyclic) bond motifs is 1. The summed E-state index contributed by atoms with van der Waals surface area (Å²) in [5.41, 5.74) is 0.589. The molecule has 0 radical (unpaired) electrons. The van der Waals surface area contributed by atoms with E-state index in [0.717, 1.165) is 38.6 Å². The molecule has 1 aromatic rings. The van der Waals surface area contributed by atoms with Crippen molar-refractivity contribution < 1.29 is 19.1 Å². The van der Waals surface area contributed by atoms with Gasteiger partial charge in [-0.3, -0.25) is 9.59 Å². The third-order valence-electron chi connectivity index (χ3n) is 7.72. The molecular weight excluding hydrogens is 452 g/mol. The van der Waals surface area contributed by atoms with Crippen LogP contribution in [-0.4, -0.2) is 67.6 Å². The van der Waals surface area contributed by atoms with Gasteiger partial charge < -0.3 is 19.3 Å². The molecule has 0 saturated heterocycles. The highest BCUT2D eigenvalue weighted by Gasteiger charge is 2.27. The van der Waals surface area contributed by atoms with Crippen LogP contribution in [0.1, 0.15) is 94.8 Å². The number of hydrogen-bond donors (Lipinski definition) is 0. The number of amides is 2. The lowest BCUT2D eigenvalue weighted by Crippen LogP contribution is -2.45. The van der Waals surface area contributed by atoms with Crippen LogP contribution in [-0.2, 0) is 9.53 Å². The Hall–Kier alpha value is -2.08. The summed E-state index contributed by atoms with van der Waals surface area (Å²) in [7, 11) is 1.66. The minimum atomic E-state index is -0.0114. The van der Waals surface area contributed by atoms with Crippen molar-refractivity contribution in [1.29, 1.82) is 0 Å². The largest absolute Gasteiger partial charge is 0.491 e. The molecule has 1 atom stereocenters. The first kappa shape index (κ1) is 28.5. The Labute approximate surface area is 218 Å². The van der Waals surface area contributed by atoms with Gasteiger partial charge in [0, 0.05) is 33.2 Å². The van der Waals surface area contributed by atoms with Crippen LogP contribution in [0.3, 0.4) is 0 Å². The van der Waals surface area contributed by atoms with Crippen LogP contribution in [0.4, 0.5) is 0 Å². The van der Waals surface area contributed by atoms with Gasteiger partial charge in [-0.15, -0.1) is 0 Å². The van der Waals surface area contributed by atoms with E-state index in [1.165, 1.54) is 32.1 Å². The lowest BCUT2D eigenvalue weighted by atomic mass is 9.86. The van der Waals surface area contributed by atoms with Crippen molar-refractivity contribution in [2.75, 3.05) is 40.0 Å². The van der Waals surface area contributed by atoms with Crippen molar-refractivity contribution in [3.63, 3.8) is 0 Å². The van der Waals surface area contributed by atoms with E-state index in [-0.39, 0.29) is 17.9 Å². The van der Waals surface area contributed by atoms with E-state index in [1.54, 1.807) is 7.11 Å². The second-order valence-electron chi connectivity index (χ2n) is 11.1. The number of methoxy groups -OCH3 is 1. The first-order valence-electron chi connectivity index (χ1n) is 14.3. The Morgan fingerprint density at radius 1 is 1.06 bits per heavy atom. The maximum atomic E-state index is 13.6. The van der Waals surface area contributed by atoms with Gasteiger partial charge in [0.1, 0.15) is 12.4 Å². The Balaban J connectivity index is 1.78. The molecule has 1 aliphatic heterocycles. The lowest BCUT2D eigenvalue weighted by Gasteiger charge is -2.34. The smallest absolute Gasteiger partial charge is 0.257 e. The van der Waals surface area contributed by atoms with E-state index < -0.39 is 0 Å². The molecule has 202 valence electrons. The Morgan fingerprint density at radius 2 is 1.78 bits per heavy atom. The lowest BCUT2D eigenvalue weighted by molar-refractivity contribution is -0.135. The summed E-state index contributed by atoms with van der Waals surface area (Å²) in [5.74, 6) is 2.02. The Morgan fingerprint density at radius 3 is 2.53 bits per heavy atom. The number of ether oxygens (including phenoxy) is 2. The fourth-order valence-electron chi connectivity index (χ4n) is 5.69. The van der Waals surface area contributed by atoms with E-state index in [2.05, 4.69) is 18.7 Å². The van der Waals surface area contributed by atoms with Crippen LogP contribution in [0.15, 0.2) is 24.3 Å². The highest BCUT2D eigenvalue weighted by Crippen LogP contribution is 2.28. The van der Waals surface area contributed by atoms with Crippen molar-refractivity contribution in [2.45, 2.75) is 90.5 Å². The minimum absolute atomic E-state index is 0.0114. The molecule has 0 N–H and O–H groups in total. The van der Waals surface area contributed by atoms with Gasteiger partial charge in [0.15, 0.2) is 0 Å². The molecule has 0 spiro atoms. The number of carbonyl (C=O) groups excluding carboxylic acids is 2. The molecule has 1 heterocycles. The third-order valence-corrected chi connectivity index (χ3v) is 7.72. The SMILES string of the molecule is COCCN1CCCCCN(C(=O)CCC2CCCCC2)[C@@H](CC(C)C)COc2ccccc2C1=O. The molecule has 0 unspecified atom stereocenters. The monoisotopic (exact) mass is 500 g/mol. The predicted octanol–water partition coefficient (Wildman–Crippen LogP) is 5.94. The van der Waals surface area contributed by atoms with Crippen LogP contribution in [0.5, 0.6) is 5.75 Å². The molecule has 2 aliphatic rings. The summed E-state index contributed by atoms with van der Waals surface area (Å²) >= 11 is 0. The van der Waals surface area contributed by atoms with E-state index in [9.17, 15) is 9.59 Å². The van der Waals surface area contributed by atoms with Crippen LogP contribution in [0.2, 0.25) is 0 Å². The first-order chi connectivity index (χ1) is 17.5. The van der Waals surface area contributed by atoms with E-state index in [0.29, 0.717) is 55.9 Å². The summed E-state index contributed by atoms with van der Waals surface area (Å²) in [4.78, 5) is 31.0. The topological polar surface area (TPSA) is 59.1 Å². The van der Waals surface area contributed by atoms with E-state index >= 15 is 0 Å². The predicted molar refractivity (Wildman–Crippen MR) is 144 cm³/mol. The number of hydrogen-bond acceptors (Lipinski definition) is 4. The average molecular weight is 501 g/mol. The summed E-state index contributed by atoms with van der Waals surface area (Å²) in [6.07, 6.45) is 11.9. The van der Waals surface area contributed by atoms with E-state index in [4.69, 9.17) is 9.47 Å². The maximum Gasteiger partial charge on any atom is 0.257 e. The van der Waals surface area contributed by atoms with Crippen molar-refractivity contribution in [3.05, 3.63) is 29.8 Å². The van der Waals surface area contributed by atoms with Gasteiger partial charge in [-0.2, -0.15) is 0 Å². The van der Waals surface area contributed by atoms with Crippen LogP contribution in [0.25, 0.3) is 0 Å². The van der Waals surface area contributed by atoms with Crippen molar-refractivity contribution in [3.8, 4) is 5.75 Å². The molecule has 2 amide bonds. The molecule has 0 bridgehead atoms. The second-order valence-corrected chi connectivity index (χ2v) is 11.1. The van der Waals surface area contributed by atoms with Crippen LogP contribution >= 0.6 is 0 Å². The first-order valence-corrected chi connectivity index (χ1v) is 14.3. The standard InChI is InChI=1S/C30H48N2O4/c1-24(2)22-26-23-36-28-15-9-8-14-27(28)30(34)31(20-21-35-3)18-10-5-11-19-32(26)29(33)17-16-25-12-6-4-7-13-25/h8-9,14-15,24-26H,4-7,10-13,16-23H2,1-3H3/t26-/m0/s1. The zero-order chi connectivity index (χ0) is 25.8. The van der Waals surface area contributed by atoms with Gasteiger partial charge in [0.05, 0.1) is 18.2 Å². The van der Waals surface area contributed by atoms with Crippen molar-refractivity contribution in [2.24, 2.45) is 11.8 Å². The average Bonchev–Trinajstić information content (AvgIpc) is 2.89. The zero-order valence-corrected chi connectivity index (χ0v) is 22.9. The minimum Gasteiger partial charge on any atom is -0.491 e. The third kappa shape index (κ3) is 8.79. The quantitative estimate of drug-likeness (QED) is 0.443. The molecule has 6 heteroatoms. The van der Waals surface area contributed by atoms with Crippen molar-refractivity contribution >= 4 is 11.8 Å². The van der Waals surface area contributed by atoms with Crippen LogP contribution < -0.4 is 4.74 Å². The highest BCUT2D eigenvalue weighted by atomic mass is 16.5. The Kier molecular flexibility index (Phi) is 12.1. The molecule has 1 aromatic carbocycles. The van der Waals surface area contributed by atoms with Gasteiger partial charge in [-0.05, 0) is 56.1 Å². The van der Waals surface area contributed by atoms with Gasteiger partial charge in [-0.25, -0.2) is 0 Å². The number of carbonyl (C=O) groups is 2. The fraction of sp³-hybridized carbons (Fsp3) is 0.733. The maximum absolute atomic E-state index is 13.6. The zero-order valence-electron chi connectivity index (χ0n) is 22.9. The summed E-state index contributed by atoms with van der Waals surface area (Å²) in [6, 6.07) is 7.54. The van der Waals surface area contributed by atoms with E-state index in [1.807, 2.05) is 29.2 Å². The second kappa shape index (κ2) is 15.2. The molecule has 1 saturated carbocycles. The van der Waals surface area contributed by atoms with Gasteiger partial charge >= 0.3 is 0 Å². The molecule has 0 aromatic heterocycles. The molecule has 3 rings (SSSR count). The normalized spacial score (nSPS) is 20.8. The van der Waals surface area contributed by atoms with Gasteiger partial charge in [-0.1, -0.05) is 58.1 Å². The summed E-state index contributed by atoms with van der Waals surface area (Å²) in [5, 5.41) is 0. The Bertz CT molecular complexity index is 806. The molecule has 1 fully saturated rings. The van der Waals surface area contributed by atoms with Crippen LogP contribution in [0, 0.1) is 11.8 Å². The summed E-state index contributed by atoms with van der Waals surface area (Å²) < 4.78 is 11.6. The molecule has 1 aliphatic carbocycles. The number of nitrogens with zero attached hydrogens (tertiary/aromatic N) is 2. The number of rotatable bonds is 8. The number of benzene rings is 1. The number of para-hydroxylation sites is 1. The highest BCUT2D eigenvalue weighted by molar-refractivity contribution is 5.97. The fourth-order valence-corrected chi connectivity index (χ4v) is 5.69. The molecular formula is C30H48N2O4. The molecule has 36 heavy (non-hydrogen) atoms. The van der Waals surface area contributed by atoms with Gasteiger partial charge in [0.25, 0.3) is 5.91 Å².